The van der Waals surface area contributed by atoms with Gasteiger partial charge in [-0.3, -0.25) is 4.90 Å². The van der Waals surface area contributed by atoms with Crippen LogP contribution in [0.3, 0.4) is 0 Å². The third-order valence-electron chi connectivity index (χ3n) is 6.42. The molecule has 0 spiro atoms. The van der Waals surface area contributed by atoms with Gasteiger partial charge >= 0.3 is 6.09 Å². The molecule has 7 nitrogen and oxygen atoms in total. The van der Waals surface area contributed by atoms with Crippen molar-refractivity contribution in [3.05, 3.63) is 23.9 Å². The van der Waals surface area contributed by atoms with E-state index in [9.17, 15) is 4.79 Å². The predicted molar refractivity (Wildman–Crippen MR) is 110 cm³/mol. The van der Waals surface area contributed by atoms with Gasteiger partial charge in [0, 0.05) is 24.8 Å². The Balaban J connectivity index is 1.39. The fraction of sp³-hybridized carbons (Fsp3) is 0.727. The summed E-state index contributed by atoms with van der Waals surface area (Å²) in [5.74, 6) is 0.920. The Labute approximate surface area is 173 Å². The third-order valence-corrected chi connectivity index (χ3v) is 6.42. The van der Waals surface area contributed by atoms with Crippen molar-refractivity contribution in [1.29, 1.82) is 0 Å². The van der Waals surface area contributed by atoms with E-state index in [1.165, 1.54) is 0 Å². The van der Waals surface area contributed by atoms with Crippen LogP contribution in [0.4, 0.5) is 10.6 Å². The van der Waals surface area contributed by atoms with Crippen LogP contribution in [0.2, 0.25) is 0 Å². The number of amides is 1. The van der Waals surface area contributed by atoms with Crippen molar-refractivity contribution in [2.45, 2.75) is 90.1 Å². The van der Waals surface area contributed by atoms with E-state index in [4.69, 9.17) is 14.2 Å². The lowest BCUT2D eigenvalue weighted by Crippen LogP contribution is -2.70. The van der Waals surface area contributed by atoms with Crippen molar-refractivity contribution >= 4 is 11.9 Å². The van der Waals surface area contributed by atoms with Gasteiger partial charge in [0.15, 0.2) is 6.29 Å². The third kappa shape index (κ3) is 3.70. The minimum Gasteiger partial charge on any atom is -0.444 e. The molecular weight excluding hydrogens is 370 g/mol. The summed E-state index contributed by atoms with van der Waals surface area (Å²) in [4.78, 5) is 21.2. The van der Waals surface area contributed by atoms with E-state index in [0.717, 1.165) is 30.9 Å². The van der Waals surface area contributed by atoms with E-state index in [-0.39, 0.29) is 29.4 Å². The molecule has 5 heterocycles. The zero-order valence-corrected chi connectivity index (χ0v) is 18.6. The molecule has 29 heavy (non-hydrogen) atoms. The summed E-state index contributed by atoms with van der Waals surface area (Å²) in [5.41, 5.74) is -0.276. The van der Waals surface area contributed by atoms with Crippen LogP contribution in [0, 0.1) is 0 Å². The molecule has 2 atom stereocenters. The first kappa shape index (κ1) is 20.4. The monoisotopic (exact) mass is 403 g/mol. The van der Waals surface area contributed by atoms with Crippen LogP contribution in [0.15, 0.2) is 18.3 Å². The summed E-state index contributed by atoms with van der Waals surface area (Å²) in [6.07, 6.45) is 2.26. The van der Waals surface area contributed by atoms with Crippen molar-refractivity contribution < 1.29 is 19.0 Å². The van der Waals surface area contributed by atoms with Gasteiger partial charge in [-0.15, -0.1) is 0 Å². The molecule has 4 fully saturated rings. The normalized spacial score (nSPS) is 28.2. The number of hydrogen-bond acceptors (Lipinski definition) is 6. The molecule has 160 valence electrons. The molecular formula is C22H33N3O4. The number of piperidine rings is 1. The molecule has 0 N–H and O–H groups in total. The van der Waals surface area contributed by atoms with Crippen LogP contribution in [-0.4, -0.2) is 58.0 Å². The summed E-state index contributed by atoms with van der Waals surface area (Å²) in [6.45, 7) is 15.4. The van der Waals surface area contributed by atoms with Gasteiger partial charge in [-0.2, -0.15) is 0 Å². The van der Waals surface area contributed by atoms with E-state index < -0.39 is 11.9 Å². The largest absolute Gasteiger partial charge is 0.444 e. The first-order valence-electron chi connectivity index (χ1n) is 10.4. The smallest absolute Gasteiger partial charge is 0.410 e. The van der Waals surface area contributed by atoms with Crippen LogP contribution < -0.4 is 4.90 Å². The van der Waals surface area contributed by atoms with E-state index in [1.807, 2.05) is 71.7 Å². The van der Waals surface area contributed by atoms with Crippen molar-refractivity contribution in [3.63, 3.8) is 0 Å². The molecule has 2 unspecified atom stereocenters. The molecule has 7 heteroatoms. The molecule has 0 aliphatic carbocycles. The number of ether oxygens (including phenoxy) is 3. The number of carbonyl (C=O) groups is 1. The van der Waals surface area contributed by atoms with Gasteiger partial charge < -0.3 is 19.1 Å². The Morgan fingerprint density at radius 1 is 1.10 bits per heavy atom. The summed E-state index contributed by atoms with van der Waals surface area (Å²) in [5, 5.41) is 0. The number of carbonyl (C=O) groups excluding carboxylic acids is 1. The van der Waals surface area contributed by atoms with E-state index in [2.05, 4.69) is 9.88 Å². The molecule has 0 saturated carbocycles. The number of hydrogen-bond donors (Lipinski definition) is 0. The number of piperazine rings is 1. The standard InChI is InChI=1S/C22H33N3O4/c1-20(2,3)29-19(26)25-15-10-16(25)13-24(12-15)17-9-8-14(11-23-17)18-27-21(4,5)22(6,7)28-18/h8-9,11,15-16,18H,10,12-13H2,1-7H3. The lowest BCUT2D eigenvalue weighted by atomic mass is 9.88. The van der Waals surface area contributed by atoms with Crippen molar-refractivity contribution in [2.75, 3.05) is 18.0 Å². The zero-order valence-electron chi connectivity index (χ0n) is 18.6. The highest BCUT2D eigenvalue weighted by atomic mass is 16.7. The molecule has 2 bridgehead atoms. The Hall–Kier alpha value is -1.86. The van der Waals surface area contributed by atoms with Gasteiger partial charge in [-0.25, -0.2) is 9.78 Å². The lowest BCUT2D eigenvalue weighted by Gasteiger charge is -2.56. The number of rotatable bonds is 2. The Kier molecular flexibility index (Phi) is 4.63. The second-order valence-electron chi connectivity index (χ2n) is 10.4. The number of nitrogens with zero attached hydrogens (tertiary/aromatic N) is 3. The fourth-order valence-corrected chi connectivity index (χ4v) is 4.11. The molecule has 4 saturated heterocycles. The minimum atomic E-state index is -0.467. The van der Waals surface area contributed by atoms with Crippen molar-refractivity contribution in [3.8, 4) is 0 Å². The molecule has 0 aromatic carbocycles. The maximum atomic E-state index is 12.4. The molecule has 4 aliphatic heterocycles. The maximum Gasteiger partial charge on any atom is 0.410 e. The quantitative estimate of drug-likeness (QED) is 0.747. The Morgan fingerprint density at radius 2 is 1.69 bits per heavy atom. The predicted octanol–water partition coefficient (Wildman–Crippen LogP) is 3.88. The molecule has 1 aromatic heterocycles. The van der Waals surface area contributed by atoms with Crippen LogP contribution >= 0.6 is 0 Å². The minimum absolute atomic E-state index is 0.188. The highest BCUT2D eigenvalue weighted by Gasteiger charge is 2.50. The van der Waals surface area contributed by atoms with Gasteiger partial charge in [-0.05, 0) is 67.0 Å². The Morgan fingerprint density at radius 3 is 2.17 bits per heavy atom. The van der Waals surface area contributed by atoms with Gasteiger partial charge in [0.1, 0.15) is 11.4 Å². The van der Waals surface area contributed by atoms with Crippen LogP contribution in [-0.2, 0) is 14.2 Å². The first-order chi connectivity index (χ1) is 13.4. The van der Waals surface area contributed by atoms with Crippen molar-refractivity contribution in [1.82, 2.24) is 9.88 Å². The fourth-order valence-electron chi connectivity index (χ4n) is 4.11. The average Bonchev–Trinajstić information content (AvgIpc) is 2.81. The summed E-state index contributed by atoms with van der Waals surface area (Å²) in [7, 11) is 0. The highest BCUT2D eigenvalue weighted by Crippen LogP contribution is 2.44. The topological polar surface area (TPSA) is 64.1 Å². The van der Waals surface area contributed by atoms with Gasteiger partial charge in [0.2, 0.25) is 0 Å². The average molecular weight is 404 g/mol. The molecule has 0 radical (unpaired) electrons. The second kappa shape index (κ2) is 6.57. The first-order valence-corrected chi connectivity index (χ1v) is 10.4. The van der Waals surface area contributed by atoms with Gasteiger partial charge in [0.25, 0.3) is 0 Å². The van der Waals surface area contributed by atoms with Crippen molar-refractivity contribution in [2.24, 2.45) is 0 Å². The number of pyridine rings is 1. The molecule has 5 rings (SSSR count). The zero-order chi connectivity index (χ0) is 21.2. The van der Waals surface area contributed by atoms with E-state index in [1.54, 1.807) is 0 Å². The second-order valence-corrected chi connectivity index (χ2v) is 10.4. The molecule has 1 amide bonds. The van der Waals surface area contributed by atoms with E-state index >= 15 is 0 Å². The van der Waals surface area contributed by atoms with Crippen LogP contribution in [0.5, 0.6) is 0 Å². The SMILES string of the molecule is CC(C)(C)OC(=O)N1C2CC1CN(c1ccc(C3OC(C)(C)C(C)(C)O3)cn1)C2. The van der Waals surface area contributed by atoms with E-state index in [0.29, 0.717) is 0 Å². The van der Waals surface area contributed by atoms with Crippen LogP contribution in [0.25, 0.3) is 0 Å². The maximum absolute atomic E-state index is 12.4. The Bertz CT molecular complexity index is 756. The number of anilines is 1. The summed E-state index contributed by atoms with van der Waals surface area (Å²) < 4.78 is 17.8. The summed E-state index contributed by atoms with van der Waals surface area (Å²) >= 11 is 0. The lowest BCUT2D eigenvalue weighted by molar-refractivity contribution is -0.0897. The van der Waals surface area contributed by atoms with Gasteiger partial charge in [0.05, 0.1) is 23.3 Å². The van der Waals surface area contributed by atoms with Crippen LogP contribution in [0.1, 0.15) is 66.7 Å². The number of aromatic nitrogens is 1. The summed E-state index contributed by atoms with van der Waals surface area (Å²) in [6, 6.07) is 4.42. The molecule has 4 aliphatic rings. The number of fused-ring (bicyclic) bond motifs is 2. The molecule has 1 aromatic rings. The van der Waals surface area contributed by atoms with Gasteiger partial charge in [-0.1, -0.05) is 0 Å². The highest BCUT2D eigenvalue weighted by molar-refractivity contribution is 5.71.